The Morgan fingerprint density at radius 1 is 1.03 bits per heavy atom. The van der Waals surface area contributed by atoms with Crippen LogP contribution in [0.4, 0.5) is 0 Å². The highest BCUT2D eigenvalue weighted by Crippen LogP contribution is 2.36. The second kappa shape index (κ2) is 9.15. The molecular formula is C23H28N4O3. The van der Waals surface area contributed by atoms with E-state index >= 15 is 0 Å². The molecule has 7 nitrogen and oxygen atoms in total. The lowest BCUT2D eigenvalue weighted by Gasteiger charge is -2.37. The summed E-state index contributed by atoms with van der Waals surface area (Å²) in [5, 5.41) is 6.51. The van der Waals surface area contributed by atoms with E-state index in [0.29, 0.717) is 18.0 Å². The fourth-order valence-electron chi connectivity index (χ4n) is 4.24. The molecule has 2 aromatic rings. The molecule has 2 atom stereocenters. The number of ether oxygens (including phenoxy) is 2. The Kier molecular flexibility index (Phi) is 6.16. The number of aryl methyl sites for hydroxylation is 1. The maximum atomic E-state index is 13.1. The molecule has 0 spiro atoms. The number of carbonyl (C=O) groups excluding carboxylic acids is 1. The Morgan fingerprint density at radius 2 is 1.80 bits per heavy atom. The van der Waals surface area contributed by atoms with Crippen LogP contribution in [0.2, 0.25) is 0 Å². The van der Waals surface area contributed by atoms with Crippen molar-refractivity contribution in [2.24, 2.45) is 16.9 Å². The average molecular weight is 409 g/mol. The van der Waals surface area contributed by atoms with E-state index in [1.165, 1.54) is 0 Å². The molecule has 158 valence electrons. The van der Waals surface area contributed by atoms with Gasteiger partial charge in [-0.15, -0.1) is 0 Å². The number of rotatable bonds is 8. The van der Waals surface area contributed by atoms with Crippen LogP contribution < -0.4 is 9.47 Å². The first-order valence-corrected chi connectivity index (χ1v) is 10.4. The Balaban J connectivity index is 1.55. The molecule has 0 saturated carbocycles. The van der Waals surface area contributed by atoms with E-state index in [1.807, 2.05) is 30.7 Å². The smallest absolute Gasteiger partial charge is 0.246 e. The number of unbranched alkanes of at least 4 members (excludes halogenated alkanes) is 1. The number of hydrogen-bond acceptors (Lipinski definition) is 5. The summed E-state index contributed by atoms with van der Waals surface area (Å²) in [7, 11) is 3.26. The molecule has 1 aliphatic carbocycles. The second-order valence-electron chi connectivity index (χ2n) is 7.68. The Bertz CT molecular complexity index is 936. The maximum absolute atomic E-state index is 13.1. The minimum Gasteiger partial charge on any atom is -0.493 e. The van der Waals surface area contributed by atoms with Crippen LogP contribution >= 0.6 is 0 Å². The largest absolute Gasteiger partial charge is 0.493 e. The third-order valence-electron chi connectivity index (χ3n) is 5.86. The SMILES string of the molecule is COc1ccc(C2=NN(CCCCn3ccnc3)C(=O)[C@@H]3CC=CC[C@H]23)cc1OC. The van der Waals surface area contributed by atoms with Crippen LogP contribution in [0.25, 0.3) is 0 Å². The van der Waals surface area contributed by atoms with Crippen LogP contribution in [-0.2, 0) is 11.3 Å². The molecule has 2 aliphatic rings. The second-order valence-corrected chi connectivity index (χ2v) is 7.68. The number of imidazole rings is 1. The van der Waals surface area contributed by atoms with Crippen molar-refractivity contribution in [1.82, 2.24) is 14.6 Å². The molecule has 1 aromatic carbocycles. The number of hydrazone groups is 1. The van der Waals surface area contributed by atoms with Gasteiger partial charge in [-0.3, -0.25) is 4.79 Å². The predicted molar refractivity (Wildman–Crippen MR) is 115 cm³/mol. The first-order chi connectivity index (χ1) is 14.7. The van der Waals surface area contributed by atoms with Gasteiger partial charge in [-0.1, -0.05) is 12.2 Å². The summed E-state index contributed by atoms with van der Waals surface area (Å²) < 4.78 is 12.9. The van der Waals surface area contributed by atoms with Crippen LogP contribution in [0, 0.1) is 11.8 Å². The van der Waals surface area contributed by atoms with Crippen molar-refractivity contribution >= 4 is 11.6 Å². The number of carbonyl (C=O) groups is 1. The average Bonchev–Trinajstić information content (AvgIpc) is 3.31. The minimum absolute atomic E-state index is 0.0516. The summed E-state index contributed by atoms with van der Waals surface area (Å²) in [6.45, 7) is 1.51. The van der Waals surface area contributed by atoms with E-state index in [-0.39, 0.29) is 17.7 Å². The third-order valence-corrected chi connectivity index (χ3v) is 5.86. The van der Waals surface area contributed by atoms with E-state index in [4.69, 9.17) is 14.6 Å². The highest BCUT2D eigenvalue weighted by atomic mass is 16.5. The van der Waals surface area contributed by atoms with E-state index in [1.54, 1.807) is 25.4 Å². The molecule has 4 rings (SSSR count). The molecule has 7 heteroatoms. The fourth-order valence-corrected chi connectivity index (χ4v) is 4.24. The lowest BCUT2D eigenvalue weighted by Crippen LogP contribution is -2.45. The number of hydrogen-bond donors (Lipinski definition) is 0. The monoisotopic (exact) mass is 408 g/mol. The normalized spacial score (nSPS) is 20.7. The topological polar surface area (TPSA) is 69.0 Å². The summed E-state index contributed by atoms with van der Waals surface area (Å²) in [6, 6.07) is 5.86. The van der Waals surface area contributed by atoms with Crippen LogP contribution in [0.15, 0.2) is 54.2 Å². The number of benzene rings is 1. The van der Waals surface area contributed by atoms with E-state index in [2.05, 4.69) is 21.7 Å². The molecule has 0 saturated heterocycles. The molecule has 1 aliphatic heterocycles. The van der Waals surface area contributed by atoms with Crippen molar-refractivity contribution in [3.63, 3.8) is 0 Å². The number of aromatic nitrogens is 2. The molecular weight excluding hydrogens is 380 g/mol. The van der Waals surface area contributed by atoms with Crippen molar-refractivity contribution in [3.8, 4) is 11.5 Å². The van der Waals surface area contributed by atoms with Crippen LogP contribution in [0.1, 0.15) is 31.2 Å². The van der Waals surface area contributed by atoms with Crippen molar-refractivity contribution in [3.05, 3.63) is 54.6 Å². The van der Waals surface area contributed by atoms with Gasteiger partial charge < -0.3 is 14.0 Å². The molecule has 1 aromatic heterocycles. The maximum Gasteiger partial charge on any atom is 0.246 e. The van der Waals surface area contributed by atoms with Crippen molar-refractivity contribution < 1.29 is 14.3 Å². The zero-order valence-corrected chi connectivity index (χ0v) is 17.5. The van der Waals surface area contributed by atoms with Gasteiger partial charge in [-0.05, 0) is 43.9 Å². The standard InChI is InChI=1S/C23H28N4O3/c1-29-20-10-9-17(15-21(20)30-2)22-18-7-3-4-8-19(18)23(28)27(25-22)13-6-5-12-26-14-11-24-16-26/h3-4,9-11,14-16,18-19H,5-8,12-13H2,1-2H3/t18-,19+/m0/s1. The van der Waals surface area contributed by atoms with Crippen LogP contribution in [0.5, 0.6) is 11.5 Å². The Hall–Kier alpha value is -3.09. The highest BCUT2D eigenvalue weighted by molar-refractivity contribution is 6.07. The van der Waals surface area contributed by atoms with Crippen LogP contribution in [0.3, 0.4) is 0 Å². The fraction of sp³-hybridized carbons (Fsp3) is 0.435. The van der Waals surface area contributed by atoms with Gasteiger partial charge >= 0.3 is 0 Å². The van der Waals surface area contributed by atoms with Gasteiger partial charge in [0.25, 0.3) is 0 Å². The zero-order valence-electron chi connectivity index (χ0n) is 17.5. The van der Waals surface area contributed by atoms with Crippen molar-refractivity contribution in [1.29, 1.82) is 0 Å². The van der Waals surface area contributed by atoms with E-state index in [0.717, 1.165) is 43.5 Å². The molecule has 2 heterocycles. The molecule has 0 unspecified atom stereocenters. The van der Waals surface area contributed by atoms with Crippen LogP contribution in [-0.4, -0.2) is 46.9 Å². The van der Waals surface area contributed by atoms with Crippen molar-refractivity contribution in [2.45, 2.75) is 32.2 Å². The van der Waals surface area contributed by atoms with Gasteiger partial charge in [0, 0.05) is 37.0 Å². The van der Waals surface area contributed by atoms with Gasteiger partial charge in [-0.2, -0.15) is 5.10 Å². The predicted octanol–water partition coefficient (Wildman–Crippen LogP) is 3.51. The van der Waals surface area contributed by atoms with E-state index in [9.17, 15) is 4.79 Å². The minimum atomic E-state index is -0.0516. The summed E-state index contributed by atoms with van der Waals surface area (Å²) in [4.78, 5) is 17.2. The molecule has 0 fully saturated rings. The molecule has 30 heavy (non-hydrogen) atoms. The molecule has 1 amide bonds. The lowest BCUT2D eigenvalue weighted by molar-refractivity contribution is -0.137. The summed E-state index contributed by atoms with van der Waals surface area (Å²) in [5.41, 5.74) is 1.94. The summed E-state index contributed by atoms with van der Waals surface area (Å²) in [5.74, 6) is 1.54. The first kappa shape index (κ1) is 20.2. The number of allylic oxidation sites excluding steroid dienone is 2. The molecule has 0 radical (unpaired) electrons. The van der Waals surface area contributed by atoms with Crippen molar-refractivity contribution in [2.75, 3.05) is 20.8 Å². The number of fused-ring (bicyclic) bond motifs is 1. The summed E-state index contributed by atoms with van der Waals surface area (Å²) >= 11 is 0. The number of methoxy groups -OCH3 is 2. The Morgan fingerprint density at radius 3 is 2.53 bits per heavy atom. The quantitative estimate of drug-likeness (QED) is 0.495. The molecule has 0 bridgehead atoms. The number of nitrogens with zero attached hydrogens (tertiary/aromatic N) is 4. The lowest BCUT2D eigenvalue weighted by atomic mass is 9.76. The van der Waals surface area contributed by atoms with Gasteiger partial charge in [0.05, 0.1) is 32.2 Å². The zero-order chi connectivity index (χ0) is 20.9. The third kappa shape index (κ3) is 4.10. The molecule has 0 N–H and O–H groups in total. The van der Waals surface area contributed by atoms with Gasteiger partial charge in [-0.25, -0.2) is 9.99 Å². The van der Waals surface area contributed by atoms with Gasteiger partial charge in [0.2, 0.25) is 5.91 Å². The highest BCUT2D eigenvalue weighted by Gasteiger charge is 2.39. The Labute approximate surface area is 177 Å². The van der Waals surface area contributed by atoms with Gasteiger partial charge in [0.1, 0.15) is 0 Å². The van der Waals surface area contributed by atoms with Gasteiger partial charge in [0.15, 0.2) is 11.5 Å². The van der Waals surface area contributed by atoms with E-state index < -0.39 is 0 Å². The first-order valence-electron chi connectivity index (χ1n) is 10.4. The summed E-state index contributed by atoms with van der Waals surface area (Å²) in [6.07, 6.45) is 13.3. The number of amides is 1.